The number of carbonyl (C=O) groups excluding carboxylic acids is 1. The van der Waals surface area contributed by atoms with Gasteiger partial charge in [-0.25, -0.2) is 0 Å². The summed E-state index contributed by atoms with van der Waals surface area (Å²) in [7, 11) is 1.81. The number of amides is 1. The van der Waals surface area contributed by atoms with Crippen LogP contribution in [0.4, 0.5) is 5.69 Å². The van der Waals surface area contributed by atoms with Gasteiger partial charge in [0.25, 0.3) is 5.91 Å². The average Bonchev–Trinajstić information content (AvgIpc) is 2.45. The van der Waals surface area contributed by atoms with Crippen LogP contribution >= 0.6 is 0 Å². The Morgan fingerprint density at radius 3 is 3.00 bits per heavy atom. The van der Waals surface area contributed by atoms with E-state index in [1.54, 1.807) is 11.8 Å². The van der Waals surface area contributed by atoms with Crippen molar-refractivity contribution in [1.29, 1.82) is 0 Å². The number of nitrogens with zero attached hydrogens (tertiary/aromatic N) is 1. The number of fused-ring (bicyclic) bond motifs is 1. The van der Waals surface area contributed by atoms with Crippen molar-refractivity contribution in [1.82, 2.24) is 5.32 Å². The van der Waals surface area contributed by atoms with E-state index in [1.165, 1.54) is 18.4 Å². The molecule has 4 nitrogen and oxygen atoms in total. The third-order valence-electron chi connectivity index (χ3n) is 4.10. The fraction of sp³-hybridized carbons (Fsp3) is 0.533. The predicted molar refractivity (Wildman–Crippen MR) is 74.8 cm³/mol. The molecule has 2 aliphatic rings. The van der Waals surface area contributed by atoms with Gasteiger partial charge in [0.1, 0.15) is 5.75 Å². The molecule has 1 amide bonds. The summed E-state index contributed by atoms with van der Waals surface area (Å²) in [5.74, 6) is 1.40. The first kappa shape index (κ1) is 12.5. The van der Waals surface area contributed by atoms with E-state index >= 15 is 0 Å². The monoisotopic (exact) mass is 260 g/mol. The summed E-state index contributed by atoms with van der Waals surface area (Å²) in [5.41, 5.74) is 2.18. The Labute approximate surface area is 113 Å². The number of benzene rings is 1. The molecule has 4 heteroatoms. The Bertz CT molecular complexity index is 495. The van der Waals surface area contributed by atoms with Crippen LogP contribution in [0.5, 0.6) is 5.75 Å². The maximum absolute atomic E-state index is 11.9. The molecule has 2 heterocycles. The van der Waals surface area contributed by atoms with Gasteiger partial charge in [0, 0.05) is 13.6 Å². The molecule has 2 unspecified atom stereocenters. The quantitative estimate of drug-likeness (QED) is 0.838. The fourth-order valence-corrected chi connectivity index (χ4v) is 2.92. The SMILES string of the molecule is CC1Oc2cc(C3CCCNC3)ccc2N(C)C1=O. The van der Waals surface area contributed by atoms with E-state index in [0.717, 1.165) is 24.5 Å². The van der Waals surface area contributed by atoms with Crippen LogP contribution in [-0.2, 0) is 4.79 Å². The molecule has 0 aliphatic carbocycles. The Morgan fingerprint density at radius 1 is 1.42 bits per heavy atom. The number of likely N-dealkylation sites (N-methyl/N-ethyl adjacent to an activating group) is 1. The third-order valence-corrected chi connectivity index (χ3v) is 4.10. The maximum atomic E-state index is 11.9. The van der Waals surface area contributed by atoms with E-state index in [0.29, 0.717) is 5.92 Å². The minimum absolute atomic E-state index is 0.0135. The predicted octanol–water partition coefficient (Wildman–Crippen LogP) is 1.90. The molecule has 2 atom stereocenters. The molecule has 1 saturated heterocycles. The summed E-state index contributed by atoms with van der Waals surface area (Å²) in [6, 6.07) is 6.23. The Kier molecular flexibility index (Phi) is 3.19. The number of ether oxygens (including phenoxy) is 1. The minimum Gasteiger partial charge on any atom is -0.479 e. The highest BCUT2D eigenvalue weighted by atomic mass is 16.5. The molecule has 0 bridgehead atoms. The molecule has 102 valence electrons. The number of piperidine rings is 1. The van der Waals surface area contributed by atoms with Crippen LogP contribution in [-0.4, -0.2) is 32.1 Å². The summed E-state index contributed by atoms with van der Waals surface area (Å²) in [4.78, 5) is 13.6. The van der Waals surface area contributed by atoms with Crippen LogP contribution in [0.25, 0.3) is 0 Å². The van der Waals surface area contributed by atoms with Crippen molar-refractivity contribution in [2.45, 2.75) is 31.8 Å². The van der Waals surface area contributed by atoms with Gasteiger partial charge < -0.3 is 15.0 Å². The Balaban J connectivity index is 1.91. The molecule has 0 aromatic heterocycles. The standard InChI is InChI=1S/C15H20N2O2/c1-10-15(18)17(2)13-6-5-11(8-14(13)19-10)12-4-3-7-16-9-12/h5-6,8,10,12,16H,3-4,7,9H2,1-2H3. The van der Waals surface area contributed by atoms with Crippen LogP contribution in [0.1, 0.15) is 31.2 Å². The van der Waals surface area contributed by atoms with E-state index < -0.39 is 6.10 Å². The lowest BCUT2D eigenvalue weighted by Crippen LogP contribution is -2.42. The molecular weight excluding hydrogens is 240 g/mol. The van der Waals surface area contributed by atoms with Gasteiger partial charge in [0.15, 0.2) is 6.10 Å². The van der Waals surface area contributed by atoms with Crippen LogP contribution in [0.3, 0.4) is 0 Å². The number of hydrogen-bond donors (Lipinski definition) is 1. The number of rotatable bonds is 1. The normalized spacial score (nSPS) is 26.8. The van der Waals surface area contributed by atoms with E-state index in [-0.39, 0.29) is 5.91 Å². The van der Waals surface area contributed by atoms with Gasteiger partial charge in [0.05, 0.1) is 5.69 Å². The first-order chi connectivity index (χ1) is 9.16. The Morgan fingerprint density at radius 2 is 2.26 bits per heavy atom. The molecule has 0 radical (unpaired) electrons. The van der Waals surface area contributed by atoms with Gasteiger partial charge in [-0.05, 0) is 49.9 Å². The maximum Gasteiger partial charge on any atom is 0.267 e. The van der Waals surface area contributed by atoms with E-state index in [4.69, 9.17) is 4.74 Å². The van der Waals surface area contributed by atoms with Gasteiger partial charge in [-0.2, -0.15) is 0 Å². The molecule has 1 aromatic carbocycles. The topological polar surface area (TPSA) is 41.6 Å². The number of carbonyl (C=O) groups is 1. The van der Waals surface area contributed by atoms with Crippen molar-refractivity contribution in [2.75, 3.05) is 25.0 Å². The van der Waals surface area contributed by atoms with Gasteiger partial charge >= 0.3 is 0 Å². The summed E-state index contributed by atoms with van der Waals surface area (Å²) >= 11 is 0. The number of hydrogen-bond acceptors (Lipinski definition) is 3. The van der Waals surface area contributed by atoms with E-state index in [9.17, 15) is 4.79 Å². The second kappa shape index (κ2) is 4.85. The van der Waals surface area contributed by atoms with Gasteiger partial charge in [0.2, 0.25) is 0 Å². The molecule has 3 rings (SSSR count). The van der Waals surface area contributed by atoms with Crippen LogP contribution in [0.15, 0.2) is 18.2 Å². The number of anilines is 1. The average molecular weight is 260 g/mol. The molecular formula is C15H20N2O2. The van der Waals surface area contributed by atoms with Crippen molar-refractivity contribution in [3.63, 3.8) is 0 Å². The minimum atomic E-state index is -0.391. The third kappa shape index (κ3) is 2.21. The molecule has 1 fully saturated rings. The highest BCUT2D eigenvalue weighted by molar-refractivity contribution is 5.99. The molecule has 19 heavy (non-hydrogen) atoms. The summed E-state index contributed by atoms with van der Waals surface area (Å²) in [6.45, 7) is 3.95. The first-order valence-corrected chi connectivity index (χ1v) is 6.95. The van der Waals surface area contributed by atoms with Crippen LogP contribution in [0.2, 0.25) is 0 Å². The summed E-state index contributed by atoms with van der Waals surface area (Å²) in [5, 5.41) is 3.43. The lowest BCUT2D eigenvalue weighted by Gasteiger charge is -2.31. The Hall–Kier alpha value is -1.55. The van der Waals surface area contributed by atoms with Crippen LogP contribution < -0.4 is 15.0 Å². The van der Waals surface area contributed by atoms with Crippen molar-refractivity contribution in [2.24, 2.45) is 0 Å². The van der Waals surface area contributed by atoms with Gasteiger partial charge in [-0.3, -0.25) is 4.79 Å². The molecule has 1 aromatic rings. The second-order valence-electron chi connectivity index (χ2n) is 5.43. The van der Waals surface area contributed by atoms with Crippen LogP contribution in [0, 0.1) is 0 Å². The van der Waals surface area contributed by atoms with Gasteiger partial charge in [-0.15, -0.1) is 0 Å². The highest BCUT2D eigenvalue weighted by Gasteiger charge is 2.29. The second-order valence-corrected chi connectivity index (χ2v) is 5.43. The summed E-state index contributed by atoms with van der Waals surface area (Å²) in [6.07, 6.45) is 2.05. The zero-order chi connectivity index (χ0) is 13.4. The van der Waals surface area contributed by atoms with Crippen molar-refractivity contribution >= 4 is 11.6 Å². The molecule has 2 aliphatic heterocycles. The number of nitrogens with one attached hydrogen (secondary N) is 1. The molecule has 1 N–H and O–H groups in total. The molecule has 0 saturated carbocycles. The lowest BCUT2D eigenvalue weighted by atomic mass is 9.91. The fourth-order valence-electron chi connectivity index (χ4n) is 2.92. The molecule has 0 spiro atoms. The van der Waals surface area contributed by atoms with E-state index in [1.807, 2.05) is 13.1 Å². The lowest BCUT2D eigenvalue weighted by molar-refractivity contribution is -0.125. The van der Waals surface area contributed by atoms with E-state index in [2.05, 4.69) is 17.4 Å². The highest BCUT2D eigenvalue weighted by Crippen LogP contribution is 2.36. The zero-order valence-electron chi connectivity index (χ0n) is 11.5. The van der Waals surface area contributed by atoms with Crippen molar-refractivity contribution < 1.29 is 9.53 Å². The largest absolute Gasteiger partial charge is 0.479 e. The summed E-state index contributed by atoms with van der Waals surface area (Å²) < 4.78 is 5.73. The zero-order valence-corrected chi connectivity index (χ0v) is 11.5. The smallest absolute Gasteiger partial charge is 0.267 e. The first-order valence-electron chi connectivity index (χ1n) is 6.95. The van der Waals surface area contributed by atoms with Crippen molar-refractivity contribution in [3.8, 4) is 5.75 Å². The van der Waals surface area contributed by atoms with Crippen molar-refractivity contribution in [3.05, 3.63) is 23.8 Å². The van der Waals surface area contributed by atoms with Gasteiger partial charge in [-0.1, -0.05) is 6.07 Å².